The molecule has 0 aliphatic heterocycles. The van der Waals surface area contributed by atoms with E-state index in [4.69, 9.17) is 19.9 Å². The summed E-state index contributed by atoms with van der Waals surface area (Å²) >= 11 is 0. The van der Waals surface area contributed by atoms with E-state index < -0.39 is 0 Å². The van der Waals surface area contributed by atoms with Gasteiger partial charge >= 0.3 is 0 Å². The molecule has 0 saturated heterocycles. The highest BCUT2D eigenvalue weighted by Crippen LogP contribution is 2.29. The zero-order valence-electron chi connectivity index (χ0n) is 17.0. The van der Waals surface area contributed by atoms with Crippen LogP contribution in [0.3, 0.4) is 0 Å². The van der Waals surface area contributed by atoms with Crippen molar-refractivity contribution in [3.05, 3.63) is 83.9 Å². The number of anilines is 1. The molecule has 3 aromatic rings. The van der Waals surface area contributed by atoms with Gasteiger partial charge in [-0.15, -0.1) is 24.0 Å². The molecule has 6 nitrogen and oxygen atoms in total. The molecule has 0 aromatic heterocycles. The normalized spacial score (nSPS) is 10.7. The molecule has 3 rings (SSSR count). The quantitative estimate of drug-likeness (QED) is 0.253. The van der Waals surface area contributed by atoms with Crippen molar-refractivity contribution in [2.75, 3.05) is 19.5 Å². The zero-order chi connectivity index (χ0) is 20.5. The number of nitrogens with zero attached hydrogens (tertiary/aromatic N) is 1. The fourth-order valence-electron chi connectivity index (χ4n) is 2.70. The van der Waals surface area contributed by atoms with Gasteiger partial charge in [-0.05, 0) is 47.5 Å². The number of halogens is 1. The summed E-state index contributed by atoms with van der Waals surface area (Å²) in [6.45, 7) is 0.901. The highest BCUT2D eigenvalue weighted by atomic mass is 127. The van der Waals surface area contributed by atoms with E-state index in [-0.39, 0.29) is 24.0 Å². The summed E-state index contributed by atoms with van der Waals surface area (Å²) in [4.78, 5) is 4.39. The van der Waals surface area contributed by atoms with Gasteiger partial charge in [-0.1, -0.05) is 36.4 Å². The fraction of sp³-hybridized carbons (Fsp3) is 0.174. The highest BCUT2D eigenvalue weighted by Gasteiger charge is 2.06. The second-order valence-electron chi connectivity index (χ2n) is 6.31. The van der Waals surface area contributed by atoms with Crippen LogP contribution in [0.25, 0.3) is 0 Å². The van der Waals surface area contributed by atoms with Gasteiger partial charge in [-0.3, -0.25) is 0 Å². The maximum absolute atomic E-state index is 5.99. The number of ether oxygens (including phenoxy) is 3. The molecule has 0 radical (unpaired) electrons. The van der Waals surface area contributed by atoms with E-state index in [2.05, 4.69) is 10.3 Å². The van der Waals surface area contributed by atoms with Crippen LogP contribution in [0.15, 0.2) is 77.8 Å². The third kappa shape index (κ3) is 6.84. The molecule has 0 fully saturated rings. The average molecular weight is 519 g/mol. The first-order valence-electron chi connectivity index (χ1n) is 9.22. The molecule has 7 heteroatoms. The number of methoxy groups -OCH3 is 2. The van der Waals surface area contributed by atoms with Gasteiger partial charge in [-0.25, -0.2) is 4.99 Å². The van der Waals surface area contributed by atoms with Crippen molar-refractivity contribution < 1.29 is 14.2 Å². The maximum atomic E-state index is 5.99. The molecular formula is C23H26IN3O3. The number of hydrogen-bond donors (Lipinski definition) is 2. The minimum atomic E-state index is 0. The summed E-state index contributed by atoms with van der Waals surface area (Å²) in [6.07, 6.45) is 0. The van der Waals surface area contributed by atoms with Crippen LogP contribution in [0, 0.1) is 0 Å². The summed E-state index contributed by atoms with van der Waals surface area (Å²) in [6, 6.07) is 23.2. The van der Waals surface area contributed by atoms with Crippen LogP contribution in [0.4, 0.5) is 5.69 Å². The topological polar surface area (TPSA) is 78.1 Å². The number of aliphatic imine (C=N–C) groups is 1. The number of nitrogens with one attached hydrogen (secondary N) is 1. The average Bonchev–Trinajstić information content (AvgIpc) is 2.77. The molecule has 0 aliphatic rings. The van der Waals surface area contributed by atoms with Gasteiger partial charge in [0.05, 0.1) is 20.8 Å². The SMILES string of the molecule is COc1ccc(NC(N)=NCc2ccc(OCc3ccccc3)c(OC)c2)cc1.I. The van der Waals surface area contributed by atoms with Crippen molar-refractivity contribution in [1.29, 1.82) is 0 Å². The van der Waals surface area contributed by atoms with E-state index in [0.717, 1.165) is 22.6 Å². The van der Waals surface area contributed by atoms with Gasteiger partial charge in [0, 0.05) is 5.69 Å². The lowest BCUT2D eigenvalue weighted by Gasteiger charge is -2.12. The summed E-state index contributed by atoms with van der Waals surface area (Å²) < 4.78 is 16.5. The van der Waals surface area contributed by atoms with Crippen molar-refractivity contribution in [2.24, 2.45) is 10.7 Å². The predicted octanol–water partition coefficient (Wildman–Crippen LogP) is 4.83. The van der Waals surface area contributed by atoms with E-state index >= 15 is 0 Å². The van der Waals surface area contributed by atoms with Gasteiger partial charge in [-0.2, -0.15) is 0 Å². The molecule has 0 unspecified atom stereocenters. The molecule has 30 heavy (non-hydrogen) atoms. The fourth-order valence-corrected chi connectivity index (χ4v) is 2.70. The number of rotatable bonds is 8. The maximum Gasteiger partial charge on any atom is 0.193 e. The van der Waals surface area contributed by atoms with E-state index in [9.17, 15) is 0 Å². The third-order valence-corrected chi connectivity index (χ3v) is 4.26. The third-order valence-electron chi connectivity index (χ3n) is 4.26. The van der Waals surface area contributed by atoms with Gasteiger partial charge in [0.15, 0.2) is 17.5 Å². The highest BCUT2D eigenvalue weighted by molar-refractivity contribution is 14.0. The van der Waals surface area contributed by atoms with Crippen molar-refractivity contribution >= 4 is 35.6 Å². The van der Waals surface area contributed by atoms with Gasteiger partial charge in [0.1, 0.15) is 12.4 Å². The first-order valence-corrected chi connectivity index (χ1v) is 9.22. The molecule has 3 N–H and O–H groups in total. The van der Waals surface area contributed by atoms with E-state index in [1.807, 2.05) is 72.8 Å². The molecule has 158 valence electrons. The molecule has 0 bridgehead atoms. The van der Waals surface area contributed by atoms with Crippen molar-refractivity contribution in [2.45, 2.75) is 13.2 Å². The zero-order valence-corrected chi connectivity index (χ0v) is 19.3. The van der Waals surface area contributed by atoms with Crippen LogP contribution in [0.1, 0.15) is 11.1 Å². The van der Waals surface area contributed by atoms with Gasteiger partial charge in [0.2, 0.25) is 0 Å². The molecule has 0 spiro atoms. The number of guanidine groups is 1. The largest absolute Gasteiger partial charge is 0.497 e. The first-order chi connectivity index (χ1) is 14.2. The molecule has 0 aliphatic carbocycles. The standard InChI is InChI=1S/C23H25N3O3.HI/c1-27-20-11-9-19(10-12-20)26-23(24)25-15-18-8-13-21(22(14-18)28-2)29-16-17-6-4-3-5-7-17;/h3-14H,15-16H2,1-2H3,(H3,24,25,26);1H. The monoisotopic (exact) mass is 519 g/mol. The van der Waals surface area contributed by atoms with Crippen LogP contribution in [-0.2, 0) is 13.2 Å². The van der Waals surface area contributed by atoms with E-state index in [0.29, 0.717) is 30.6 Å². The lowest BCUT2D eigenvalue weighted by molar-refractivity contribution is 0.284. The molecule has 0 saturated carbocycles. The Morgan fingerprint density at radius 3 is 2.27 bits per heavy atom. The lowest BCUT2D eigenvalue weighted by Crippen LogP contribution is -2.22. The summed E-state index contributed by atoms with van der Waals surface area (Å²) in [7, 11) is 3.25. The summed E-state index contributed by atoms with van der Waals surface area (Å²) in [5.74, 6) is 2.47. The first kappa shape index (κ1) is 23.3. The second kappa shape index (κ2) is 11.9. The van der Waals surface area contributed by atoms with Crippen molar-refractivity contribution in [1.82, 2.24) is 0 Å². The molecule has 0 heterocycles. The second-order valence-corrected chi connectivity index (χ2v) is 6.31. The van der Waals surface area contributed by atoms with Gasteiger partial charge < -0.3 is 25.3 Å². The Labute approximate surface area is 194 Å². The Balaban J connectivity index is 0.00000320. The minimum absolute atomic E-state index is 0. The van der Waals surface area contributed by atoms with Crippen LogP contribution in [0.2, 0.25) is 0 Å². The Hall–Kier alpha value is -2.94. The minimum Gasteiger partial charge on any atom is -0.497 e. The molecule has 3 aromatic carbocycles. The van der Waals surface area contributed by atoms with Crippen LogP contribution in [-0.4, -0.2) is 20.2 Å². The Morgan fingerprint density at radius 2 is 1.60 bits per heavy atom. The Kier molecular flexibility index (Phi) is 9.27. The smallest absolute Gasteiger partial charge is 0.193 e. The predicted molar refractivity (Wildman–Crippen MR) is 131 cm³/mol. The number of benzene rings is 3. The molecule has 0 amide bonds. The Morgan fingerprint density at radius 1 is 0.867 bits per heavy atom. The Bertz CT molecular complexity index is 948. The van der Waals surface area contributed by atoms with Crippen molar-refractivity contribution in [3.63, 3.8) is 0 Å². The van der Waals surface area contributed by atoms with Crippen LogP contribution < -0.4 is 25.3 Å². The molecule has 0 atom stereocenters. The number of nitrogens with two attached hydrogens (primary N) is 1. The van der Waals surface area contributed by atoms with E-state index in [1.54, 1.807) is 14.2 Å². The molecular weight excluding hydrogens is 493 g/mol. The van der Waals surface area contributed by atoms with Crippen molar-refractivity contribution in [3.8, 4) is 17.2 Å². The number of hydrogen-bond acceptors (Lipinski definition) is 4. The summed E-state index contributed by atoms with van der Waals surface area (Å²) in [5.41, 5.74) is 8.89. The van der Waals surface area contributed by atoms with Crippen LogP contribution >= 0.6 is 24.0 Å². The van der Waals surface area contributed by atoms with E-state index in [1.165, 1.54) is 0 Å². The van der Waals surface area contributed by atoms with Gasteiger partial charge in [0.25, 0.3) is 0 Å². The van der Waals surface area contributed by atoms with Crippen LogP contribution in [0.5, 0.6) is 17.2 Å². The lowest BCUT2D eigenvalue weighted by atomic mass is 10.2. The summed E-state index contributed by atoms with van der Waals surface area (Å²) in [5, 5.41) is 3.06.